The predicted molar refractivity (Wildman–Crippen MR) is 52.2 cm³/mol. The maximum Gasteiger partial charge on any atom is 0.274 e. The van der Waals surface area contributed by atoms with Gasteiger partial charge in [-0.2, -0.15) is 0 Å². The van der Waals surface area contributed by atoms with Crippen LogP contribution in [0.4, 0.5) is 0 Å². The number of halogens is 1. The Balaban J connectivity index is 3.11. The van der Waals surface area contributed by atoms with Crippen LogP contribution in [-0.4, -0.2) is 37.1 Å². The molecule has 8 heteroatoms. The zero-order valence-electron chi connectivity index (χ0n) is 8.02. The summed E-state index contributed by atoms with van der Waals surface area (Å²) in [6, 6.07) is 0. The van der Waals surface area contributed by atoms with Crippen molar-refractivity contribution in [1.29, 1.82) is 0 Å². The Morgan fingerprint density at radius 1 is 1.57 bits per heavy atom. The third-order valence-corrected chi connectivity index (χ3v) is 3.36. The van der Waals surface area contributed by atoms with Gasteiger partial charge in [-0.1, -0.05) is 11.6 Å². The maximum absolute atomic E-state index is 11.6. The molecule has 1 N–H and O–H groups in total. The lowest BCUT2D eigenvalue weighted by Crippen LogP contribution is -2.36. The van der Waals surface area contributed by atoms with Crippen molar-refractivity contribution in [2.75, 3.05) is 14.1 Å². The second-order valence-electron chi connectivity index (χ2n) is 2.94. The Kier molecular flexibility index (Phi) is 3.15. The van der Waals surface area contributed by atoms with Gasteiger partial charge in [0.15, 0.2) is 0 Å². The molecule has 1 rings (SSSR count). The number of hydrogen-bond acceptors (Lipinski definition) is 4. The molecule has 0 saturated heterocycles. The van der Waals surface area contributed by atoms with Gasteiger partial charge in [-0.15, -0.1) is 4.83 Å². The summed E-state index contributed by atoms with van der Waals surface area (Å²) in [5.41, 5.74) is 0. The topological polar surface area (TPSA) is 67.2 Å². The van der Waals surface area contributed by atoms with Gasteiger partial charge in [0.1, 0.15) is 5.15 Å². The molecule has 1 heterocycles. The summed E-state index contributed by atoms with van der Waals surface area (Å²) in [5.74, 6) is 0. The number of hydrogen-bond donors (Lipinski definition) is 1. The van der Waals surface area contributed by atoms with Crippen LogP contribution in [0.3, 0.4) is 0 Å². The molecule has 14 heavy (non-hydrogen) atoms. The van der Waals surface area contributed by atoms with E-state index in [1.807, 2.05) is 0 Å². The molecular weight excluding hydrogens is 228 g/mol. The standard InChI is InChI=1S/C6H11ClN4O2S/c1-10(2)9-14(12,13)6-5(7)11(3)4-8-6/h4,9H,1-3H3. The van der Waals surface area contributed by atoms with Gasteiger partial charge in [0.25, 0.3) is 10.0 Å². The van der Waals surface area contributed by atoms with Crippen LogP contribution >= 0.6 is 11.6 Å². The van der Waals surface area contributed by atoms with E-state index in [-0.39, 0.29) is 10.2 Å². The van der Waals surface area contributed by atoms with Crippen molar-refractivity contribution in [3.05, 3.63) is 11.5 Å². The first-order valence-corrected chi connectivity index (χ1v) is 5.57. The van der Waals surface area contributed by atoms with Gasteiger partial charge in [0.05, 0.1) is 6.33 Å². The van der Waals surface area contributed by atoms with Crippen molar-refractivity contribution in [3.8, 4) is 0 Å². The van der Waals surface area contributed by atoms with Gasteiger partial charge < -0.3 is 4.57 Å². The molecule has 0 aromatic carbocycles. The van der Waals surface area contributed by atoms with Crippen molar-refractivity contribution in [3.63, 3.8) is 0 Å². The summed E-state index contributed by atoms with van der Waals surface area (Å²) in [7, 11) is 1.09. The summed E-state index contributed by atoms with van der Waals surface area (Å²) in [6.45, 7) is 0. The lowest BCUT2D eigenvalue weighted by Gasteiger charge is -2.10. The first-order valence-electron chi connectivity index (χ1n) is 3.71. The van der Waals surface area contributed by atoms with Gasteiger partial charge >= 0.3 is 0 Å². The van der Waals surface area contributed by atoms with Gasteiger partial charge in [0, 0.05) is 21.1 Å². The van der Waals surface area contributed by atoms with Crippen LogP contribution in [0, 0.1) is 0 Å². The predicted octanol–water partition coefficient (Wildman–Crippen LogP) is -0.172. The number of nitrogens with zero attached hydrogens (tertiary/aromatic N) is 3. The molecular formula is C6H11ClN4O2S. The highest BCUT2D eigenvalue weighted by atomic mass is 35.5. The highest BCUT2D eigenvalue weighted by Crippen LogP contribution is 2.17. The van der Waals surface area contributed by atoms with E-state index in [1.54, 1.807) is 21.1 Å². The quantitative estimate of drug-likeness (QED) is 0.743. The normalized spacial score (nSPS) is 12.4. The molecule has 0 saturated carbocycles. The van der Waals surface area contributed by atoms with E-state index < -0.39 is 10.0 Å². The summed E-state index contributed by atoms with van der Waals surface area (Å²) < 4.78 is 24.5. The van der Waals surface area contributed by atoms with E-state index in [0.29, 0.717) is 0 Å². The molecule has 6 nitrogen and oxygen atoms in total. The van der Waals surface area contributed by atoms with Crippen molar-refractivity contribution < 1.29 is 8.42 Å². The molecule has 0 aliphatic heterocycles. The van der Waals surface area contributed by atoms with Crippen molar-refractivity contribution >= 4 is 21.6 Å². The second-order valence-corrected chi connectivity index (χ2v) is 4.87. The maximum atomic E-state index is 11.6. The highest BCUT2D eigenvalue weighted by molar-refractivity contribution is 7.89. The largest absolute Gasteiger partial charge is 0.324 e. The van der Waals surface area contributed by atoms with E-state index in [4.69, 9.17) is 11.6 Å². The fourth-order valence-electron chi connectivity index (χ4n) is 0.858. The second kappa shape index (κ2) is 3.85. The molecule has 0 bridgehead atoms. The van der Waals surface area contributed by atoms with E-state index in [9.17, 15) is 8.42 Å². The molecule has 1 aromatic heterocycles. The molecule has 0 amide bonds. The van der Waals surface area contributed by atoms with Crippen molar-refractivity contribution in [1.82, 2.24) is 19.4 Å². The van der Waals surface area contributed by atoms with Crippen molar-refractivity contribution in [2.45, 2.75) is 5.03 Å². The Morgan fingerprint density at radius 3 is 2.50 bits per heavy atom. The summed E-state index contributed by atoms with van der Waals surface area (Å²) >= 11 is 5.74. The van der Waals surface area contributed by atoms with Gasteiger partial charge in [-0.25, -0.2) is 18.4 Å². The number of sulfonamides is 1. The van der Waals surface area contributed by atoms with Gasteiger partial charge in [-0.3, -0.25) is 0 Å². The minimum atomic E-state index is -3.66. The Hall–Kier alpha value is -0.630. The fourth-order valence-corrected chi connectivity index (χ4v) is 2.37. The van der Waals surface area contributed by atoms with Crippen LogP contribution in [0.5, 0.6) is 0 Å². The SMILES string of the molecule is CN(C)NS(=O)(=O)c1ncn(C)c1Cl. The Bertz CT molecular complexity index is 425. The number of aryl methyl sites for hydroxylation is 1. The fraction of sp³-hybridized carbons (Fsp3) is 0.500. The molecule has 0 unspecified atom stereocenters. The number of imidazole rings is 1. The van der Waals surface area contributed by atoms with Gasteiger partial charge in [0.2, 0.25) is 5.03 Å². The molecule has 0 radical (unpaired) electrons. The first kappa shape index (κ1) is 11.4. The molecule has 1 aromatic rings. The Morgan fingerprint density at radius 2 is 2.14 bits per heavy atom. The third-order valence-electron chi connectivity index (χ3n) is 1.39. The van der Waals surface area contributed by atoms with Crippen LogP contribution in [0.15, 0.2) is 11.4 Å². The summed E-state index contributed by atoms with van der Waals surface area (Å²) in [6.07, 6.45) is 1.34. The zero-order chi connectivity index (χ0) is 10.9. The minimum Gasteiger partial charge on any atom is -0.324 e. The van der Waals surface area contributed by atoms with Crippen LogP contribution < -0.4 is 4.83 Å². The first-order chi connectivity index (χ1) is 6.34. The van der Waals surface area contributed by atoms with Gasteiger partial charge in [-0.05, 0) is 0 Å². The smallest absolute Gasteiger partial charge is 0.274 e. The molecule has 0 atom stereocenters. The number of hydrazine groups is 1. The van der Waals surface area contributed by atoms with Crippen LogP contribution in [0.1, 0.15) is 0 Å². The van der Waals surface area contributed by atoms with Crippen molar-refractivity contribution in [2.24, 2.45) is 7.05 Å². The highest BCUT2D eigenvalue weighted by Gasteiger charge is 2.22. The lowest BCUT2D eigenvalue weighted by molar-refractivity contribution is 0.363. The molecule has 0 spiro atoms. The number of nitrogens with one attached hydrogen (secondary N) is 1. The number of rotatable bonds is 3. The molecule has 0 aliphatic rings. The van der Waals surface area contributed by atoms with E-state index >= 15 is 0 Å². The lowest BCUT2D eigenvalue weighted by atomic mass is 10.9. The van der Waals surface area contributed by atoms with E-state index in [0.717, 1.165) is 0 Å². The Labute approximate surface area is 87.5 Å². The molecule has 0 fully saturated rings. The van der Waals surface area contributed by atoms with Crippen LogP contribution in [0.25, 0.3) is 0 Å². The van der Waals surface area contributed by atoms with Crippen LogP contribution in [-0.2, 0) is 17.1 Å². The monoisotopic (exact) mass is 238 g/mol. The summed E-state index contributed by atoms with van der Waals surface area (Å²) in [4.78, 5) is 5.93. The molecule has 0 aliphatic carbocycles. The average molecular weight is 239 g/mol. The van der Waals surface area contributed by atoms with Crippen LogP contribution in [0.2, 0.25) is 5.15 Å². The summed E-state index contributed by atoms with van der Waals surface area (Å²) in [5, 5.41) is 1.22. The zero-order valence-corrected chi connectivity index (χ0v) is 9.59. The molecule has 80 valence electrons. The average Bonchev–Trinajstić information content (AvgIpc) is 2.30. The minimum absolute atomic E-state index is 0.0827. The number of aromatic nitrogens is 2. The van der Waals surface area contributed by atoms with E-state index in [1.165, 1.54) is 15.9 Å². The third kappa shape index (κ3) is 2.24. The van der Waals surface area contributed by atoms with E-state index in [2.05, 4.69) is 9.82 Å².